The molecule has 5 aromatic rings. The highest BCUT2D eigenvalue weighted by Gasteiger charge is 2.33. The molecule has 3 aromatic heterocycles. The van der Waals surface area contributed by atoms with Gasteiger partial charge in [-0.2, -0.15) is 5.10 Å². The fraction of sp³-hybridized carbons (Fsp3) is 0.194. The first-order chi connectivity index (χ1) is 20.5. The van der Waals surface area contributed by atoms with E-state index in [1.807, 2.05) is 63.9 Å². The number of aryl methyl sites for hydroxylation is 1. The Morgan fingerprint density at radius 3 is 2.48 bits per heavy atom. The highest BCUT2D eigenvalue weighted by atomic mass is 32.2. The fourth-order valence-corrected chi connectivity index (χ4v) is 6.88. The van der Waals surface area contributed by atoms with Crippen molar-refractivity contribution in [3.63, 3.8) is 0 Å². The van der Waals surface area contributed by atoms with Gasteiger partial charge in [-0.05, 0) is 40.9 Å². The molecule has 1 aliphatic heterocycles. The molecule has 42 heavy (non-hydrogen) atoms. The van der Waals surface area contributed by atoms with Crippen molar-refractivity contribution < 1.29 is 9.59 Å². The van der Waals surface area contributed by atoms with Crippen LogP contribution >= 0.6 is 34.4 Å². The van der Waals surface area contributed by atoms with Crippen LogP contribution in [0.4, 0.5) is 0 Å². The average molecular weight is 613 g/mol. The van der Waals surface area contributed by atoms with Crippen molar-refractivity contribution in [2.24, 2.45) is 5.10 Å². The highest BCUT2D eigenvalue weighted by molar-refractivity contribution is 7.99. The van der Waals surface area contributed by atoms with Crippen LogP contribution in [0.3, 0.4) is 0 Å². The largest absolute Gasteiger partial charge is 0.344 e. The number of benzene rings is 2. The Morgan fingerprint density at radius 1 is 0.952 bits per heavy atom. The summed E-state index contributed by atoms with van der Waals surface area (Å²) in [4.78, 5) is 28.0. The number of hydrazone groups is 1. The number of carbonyl (C=O) groups excluding carboxylic acids is 2. The van der Waals surface area contributed by atoms with Gasteiger partial charge in [0.25, 0.3) is 11.8 Å². The molecule has 212 valence electrons. The minimum atomic E-state index is -0.166. The summed E-state index contributed by atoms with van der Waals surface area (Å²) in [6, 6.07) is 25.8. The maximum atomic E-state index is 13.7. The van der Waals surface area contributed by atoms with Gasteiger partial charge in [-0.15, -0.1) is 32.9 Å². The number of nitrogens with zero attached hydrogens (tertiary/aromatic N) is 5. The normalized spacial score (nSPS) is 14.6. The molecule has 0 saturated carbocycles. The van der Waals surface area contributed by atoms with Gasteiger partial charge in [0.15, 0.2) is 11.0 Å². The summed E-state index contributed by atoms with van der Waals surface area (Å²) in [5, 5.41) is 22.7. The highest BCUT2D eigenvalue weighted by Crippen LogP contribution is 2.35. The van der Waals surface area contributed by atoms with E-state index < -0.39 is 0 Å². The van der Waals surface area contributed by atoms with E-state index >= 15 is 0 Å². The maximum Gasteiger partial charge on any atom is 0.261 e. The Morgan fingerprint density at radius 2 is 1.74 bits per heavy atom. The predicted octanol–water partition coefficient (Wildman–Crippen LogP) is 6.16. The number of thiophene rings is 2. The van der Waals surface area contributed by atoms with Crippen LogP contribution in [0.2, 0.25) is 0 Å². The molecule has 1 aliphatic rings. The SMILES string of the molecule is Cc1ccc(C2CC(c3cccs3)=NN2C(=O)CSc2nnc(CNC(=O)c3cccs3)n2Cc2ccccc2)cc1. The van der Waals surface area contributed by atoms with E-state index in [1.165, 1.54) is 28.7 Å². The number of rotatable bonds is 10. The van der Waals surface area contributed by atoms with Gasteiger partial charge in [0.05, 0.1) is 40.4 Å². The van der Waals surface area contributed by atoms with Crippen LogP contribution in [-0.2, 0) is 17.9 Å². The zero-order chi connectivity index (χ0) is 28.9. The standard InChI is InChI=1S/C31H28N6O2S3/c1-21-11-13-23(14-12-21)25-17-24(26-9-5-15-40-26)35-37(25)29(38)20-42-31-34-33-28(18-32-30(39)27-10-6-16-41-27)36(31)19-22-7-3-2-4-8-22/h2-16,25H,17-20H2,1H3,(H,32,39). The van der Waals surface area contributed by atoms with Crippen molar-refractivity contribution in [1.82, 2.24) is 25.1 Å². The molecule has 0 fully saturated rings. The Balaban J connectivity index is 1.21. The Bertz CT molecular complexity index is 1680. The molecule has 1 N–H and O–H groups in total. The lowest BCUT2D eigenvalue weighted by Gasteiger charge is -2.22. The average Bonchev–Trinajstić information content (AvgIpc) is 3.83. The number of hydrogen-bond donors (Lipinski definition) is 1. The molecule has 11 heteroatoms. The Hall–Kier alpha value is -4.06. The van der Waals surface area contributed by atoms with Crippen LogP contribution in [0.25, 0.3) is 0 Å². The van der Waals surface area contributed by atoms with Crippen molar-refractivity contribution >= 4 is 52.0 Å². The molecular weight excluding hydrogens is 585 g/mol. The van der Waals surface area contributed by atoms with Crippen molar-refractivity contribution in [3.05, 3.63) is 122 Å². The summed E-state index contributed by atoms with van der Waals surface area (Å²) in [5.41, 5.74) is 4.22. The molecule has 4 heterocycles. The number of hydrogen-bond acceptors (Lipinski definition) is 8. The molecule has 8 nitrogen and oxygen atoms in total. The second kappa shape index (κ2) is 12.8. The van der Waals surface area contributed by atoms with E-state index in [4.69, 9.17) is 5.10 Å². The van der Waals surface area contributed by atoms with Gasteiger partial charge in [-0.25, -0.2) is 5.01 Å². The minimum Gasteiger partial charge on any atom is -0.344 e. The smallest absolute Gasteiger partial charge is 0.261 e. The van der Waals surface area contributed by atoms with Gasteiger partial charge in [0.1, 0.15) is 0 Å². The summed E-state index contributed by atoms with van der Waals surface area (Å²) < 4.78 is 1.96. The van der Waals surface area contributed by atoms with Gasteiger partial charge in [0, 0.05) is 6.42 Å². The monoisotopic (exact) mass is 612 g/mol. The molecule has 0 radical (unpaired) electrons. The van der Waals surface area contributed by atoms with E-state index in [1.54, 1.807) is 22.4 Å². The summed E-state index contributed by atoms with van der Waals surface area (Å²) >= 11 is 4.35. The molecule has 1 atom stereocenters. The zero-order valence-electron chi connectivity index (χ0n) is 22.8. The van der Waals surface area contributed by atoms with E-state index in [-0.39, 0.29) is 30.2 Å². The topological polar surface area (TPSA) is 92.5 Å². The van der Waals surface area contributed by atoms with Gasteiger partial charge in [0.2, 0.25) is 0 Å². The first-order valence-corrected chi connectivity index (χ1v) is 16.2. The van der Waals surface area contributed by atoms with E-state index in [0.717, 1.165) is 21.7 Å². The molecule has 6 rings (SSSR count). The first kappa shape index (κ1) is 28.1. The van der Waals surface area contributed by atoms with Crippen LogP contribution < -0.4 is 5.32 Å². The maximum absolute atomic E-state index is 13.7. The third-order valence-electron chi connectivity index (χ3n) is 6.89. The molecule has 2 amide bonds. The lowest BCUT2D eigenvalue weighted by atomic mass is 10.00. The molecule has 0 spiro atoms. The van der Waals surface area contributed by atoms with E-state index in [9.17, 15) is 9.59 Å². The second-order valence-electron chi connectivity index (χ2n) is 9.81. The summed E-state index contributed by atoms with van der Waals surface area (Å²) in [7, 11) is 0. The van der Waals surface area contributed by atoms with Crippen molar-refractivity contribution in [2.45, 2.75) is 37.6 Å². The third kappa shape index (κ3) is 6.38. The summed E-state index contributed by atoms with van der Waals surface area (Å²) in [6.45, 7) is 2.80. The quantitative estimate of drug-likeness (QED) is 0.191. The molecule has 0 saturated heterocycles. The fourth-order valence-electron chi connectivity index (χ4n) is 4.71. The summed E-state index contributed by atoms with van der Waals surface area (Å²) in [6.07, 6.45) is 0.665. The van der Waals surface area contributed by atoms with Crippen LogP contribution in [0, 0.1) is 6.92 Å². The van der Waals surface area contributed by atoms with Gasteiger partial charge < -0.3 is 9.88 Å². The minimum absolute atomic E-state index is 0.0982. The van der Waals surface area contributed by atoms with Gasteiger partial charge in [-0.3, -0.25) is 9.59 Å². The first-order valence-electron chi connectivity index (χ1n) is 13.5. The number of amides is 2. The van der Waals surface area contributed by atoms with Crippen molar-refractivity contribution in [2.75, 3.05) is 5.75 Å². The predicted molar refractivity (Wildman–Crippen MR) is 168 cm³/mol. The van der Waals surface area contributed by atoms with Crippen LogP contribution in [0.5, 0.6) is 0 Å². The molecular formula is C31H28N6O2S3. The molecule has 2 aromatic carbocycles. The van der Waals surface area contributed by atoms with Crippen molar-refractivity contribution in [3.8, 4) is 0 Å². The lowest BCUT2D eigenvalue weighted by molar-refractivity contribution is -0.130. The Labute approximate surface area is 256 Å². The zero-order valence-corrected chi connectivity index (χ0v) is 25.3. The van der Waals surface area contributed by atoms with Crippen LogP contribution in [0.1, 0.15) is 49.5 Å². The van der Waals surface area contributed by atoms with Gasteiger partial charge in [-0.1, -0.05) is 84.1 Å². The second-order valence-corrected chi connectivity index (χ2v) is 12.6. The number of thioether (sulfide) groups is 1. The third-order valence-corrected chi connectivity index (χ3v) is 9.63. The molecule has 0 bridgehead atoms. The van der Waals surface area contributed by atoms with E-state index in [2.05, 4.69) is 46.7 Å². The van der Waals surface area contributed by atoms with E-state index in [0.29, 0.717) is 28.8 Å². The van der Waals surface area contributed by atoms with Crippen LogP contribution in [-0.4, -0.2) is 43.1 Å². The van der Waals surface area contributed by atoms with Crippen LogP contribution in [0.15, 0.2) is 99.9 Å². The van der Waals surface area contributed by atoms with Gasteiger partial charge >= 0.3 is 0 Å². The van der Waals surface area contributed by atoms with Crippen molar-refractivity contribution in [1.29, 1.82) is 0 Å². The molecule has 1 unspecified atom stereocenters. The lowest BCUT2D eigenvalue weighted by Crippen LogP contribution is -2.28. The number of carbonyl (C=O) groups is 2. The number of aromatic nitrogens is 3. The summed E-state index contributed by atoms with van der Waals surface area (Å²) in [5.74, 6) is 0.520. The Kier molecular flexibility index (Phi) is 8.59. The number of nitrogens with one attached hydrogen (secondary N) is 1. The molecule has 0 aliphatic carbocycles.